The molecular weight excluding hydrogens is 260 g/mol. The Kier molecular flexibility index (Phi) is 16.2. The quantitative estimate of drug-likeness (QED) is 0.384. The number of unbranched alkanes of at least 4 members (excludes halogenated alkanes) is 4. The van der Waals surface area contributed by atoms with Gasteiger partial charge in [0.1, 0.15) is 13.5 Å². The van der Waals surface area contributed by atoms with Crippen LogP contribution in [-0.2, 0) is 4.74 Å². The maximum absolute atomic E-state index is 6.00. The molecule has 0 rings (SSSR count). The maximum atomic E-state index is 6.00. The minimum absolute atomic E-state index is 0.800. The molecule has 0 N–H and O–H groups in total. The zero-order valence-corrected chi connectivity index (χ0v) is 15.2. The molecule has 3 heteroatoms. The molecule has 0 aliphatic rings. The van der Waals surface area contributed by atoms with Crippen LogP contribution in [0.15, 0.2) is 0 Å². The summed E-state index contributed by atoms with van der Waals surface area (Å²) in [6.07, 6.45) is 10.2. The largest absolute Gasteiger partial charge is 0.351 e. The van der Waals surface area contributed by atoms with Crippen LogP contribution in [0.2, 0.25) is 0 Å². The van der Waals surface area contributed by atoms with Crippen LogP contribution < -0.4 is 0 Å². The molecule has 0 aliphatic carbocycles. The highest BCUT2D eigenvalue weighted by Crippen LogP contribution is 2.02. The molecule has 0 saturated heterocycles. The highest BCUT2D eigenvalue weighted by atomic mass is 16.5. The number of hydrogen-bond donors (Lipinski definition) is 0. The molecule has 0 atom stereocenters. The van der Waals surface area contributed by atoms with Crippen LogP contribution in [0.25, 0.3) is 0 Å². The topological polar surface area (TPSA) is 15.7 Å². The van der Waals surface area contributed by atoms with E-state index in [2.05, 4.69) is 37.5 Å². The van der Waals surface area contributed by atoms with Gasteiger partial charge in [-0.15, -0.1) is 0 Å². The van der Waals surface area contributed by atoms with E-state index in [1.54, 1.807) is 0 Å². The van der Waals surface area contributed by atoms with E-state index in [0.29, 0.717) is 0 Å². The molecule has 0 aromatic heterocycles. The Morgan fingerprint density at radius 1 is 0.524 bits per heavy atom. The third-order valence-electron chi connectivity index (χ3n) is 3.86. The average molecular weight is 301 g/mol. The first-order valence-corrected chi connectivity index (χ1v) is 9.30. The van der Waals surface area contributed by atoms with Crippen molar-refractivity contribution in [1.82, 2.24) is 9.80 Å². The van der Waals surface area contributed by atoms with Crippen LogP contribution in [0.5, 0.6) is 0 Å². The van der Waals surface area contributed by atoms with E-state index >= 15 is 0 Å². The molecule has 0 aromatic rings. The third kappa shape index (κ3) is 13.3. The fourth-order valence-corrected chi connectivity index (χ4v) is 2.31. The first-order chi connectivity index (χ1) is 10.3. The van der Waals surface area contributed by atoms with Crippen molar-refractivity contribution in [3.63, 3.8) is 0 Å². The average Bonchev–Trinajstić information content (AvgIpc) is 2.51. The minimum atomic E-state index is 0.800. The summed E-state index contributed by atoms with van der Waals surface area (Å²) in [6.45, 7) is 15.4. The first-order valence-electron chi connectivity index (χ1n) is 9.30. The molecule has 0 spiro atoms. The Balaban J connectivity index is 3.96. The molecule has 21 heavy (non-hydrogen) atoms. The van der Waals surface area contributed by atoms with Gasteiger partial charge in [0.05, 0.1) is 0 Å². The first kappa shape index (κ1) is 20.9. The highest BCUT2D eigenvalue weighted by molar-refractivity contribution is 4.55. The number of ether oxygens (including phenoxy) is 1. The van der Waals surface area contributed by atoms with E-state index in [1.807, 2.05) is 0 Å². The lowest BCUT2D eigenvalue weighted by Crippen LogP contribution is -2.34. The second kappa shape index (κ2) is 16.3. The predicted molar refractivity (Wildman–Crippen MR) is 93.6 cm³/mol. The Bertz CT molecular complexity index is 164. The molecule has 0 heterocycles. The van der Waals surface area contributed by atoms with Crippen LogP contribution >= 0.6 is 0 Å². The lowest BCUT2D eigenvalue weighted by atomic mass is 10.3. The Morgan fingerprint density at radius 3 is 1.05 bits per heavy atom. The van der Waals surface area contributed by atoms with E-state index in [-0.39, 0.29) is 0 Å². The van der Waals surface area contributed by atoms with Crippen molar-refractivity contribution in [2.75, 3.05) is 39.6 Å². The van der Waals surface area contributed by atoms with Gasteiger partial charge in [0, 0.05) is 26.2 Å². The Morgan fingerprint density at radius 2 is 0.810 bits per heavy atom. The smallest absolute Gasteiger partial charge is 0.101 e. The Labute approximate surface area is 134 Å². The van der Waals surface area contributed by atoms with Crippen LogP contribution in [0.4, 0.5) is 0 Å². The lowest BCUT2D eigenvalue weighted by molar-refractivity contribution is -0.0319. The van der Waals surface area contributed by atoms with Gasteiger partial charge in [0.2, 0.25) is 0 Å². The zero-order chi connectivity index (χ0) is 15.8. The van der Waals surface area contributed by atoms with Gasteiger partial charge in [-0.25, -0.2) is 0 Å². The molecule has 0 aromatic carbocycles. The Hall–Kier alpha value is -0.120. The van der Waals surface area contributed by atoms with Crippen molar-refractivity contribution in [3.05, 3.63) is 0 Å². The molecule has 0 amide bonds. The van der Waals surface area contributed by atoms with Crippen molar-refractivity contribution in [3.8, 4) is 0 Å². The van der Waals surface area contributed by atoms with Crippen LogP contribution in [0.3, 0.4) is 0 Å². The molecule has 0 saturated carbocycles. The summed E-state index contributed by atoms with van der Waals surface area (Å²) >= 11 is 0. The normalized spacial score (nSPS) is 11.7. The van der Waals surface area contributed by atoms with Gasteiger partial charge in [-0.05, 0) is 25.7 Å². The molecular formula is C18H40N2O. The number of rotatable bonds is 16. The molecule has 0 unspecified atom stereocenters. The van der Waals surface area contributed by atoms with Crippen molar-refractivity contribution in [1.29, 1.82) is 0 Å². The number of hydrogen-bond acceptors (Lipinski definition) is 3. The monoisotopic (exact) mass is 300 g/mol. The van der Waals surface area contributed by atoms with Gasteiger partial charge in [-0.2, -0.15) is 0 Å². The summed E-state index contributed by atoms with van der Waals surface area (Å²) in [7, 11) is 0. The fourth-order valence-electron chi connectivity index (χ4n) is 2.31. The summed E-state index contributed by atoms with van der Waals surface area (Å²) in [5.74, 6) is 0. The third-order valence-corrected chi connectivity index (χ3v) is 3.86. The summed E-state index contributed by atoms with van der Waals surface area (Å²) in [5, 5.41) is 0. The minimum Gasteiger partial charge on any atom is -0.351 e. The fraction of sp³-hybridized carbons (Fsp3) is 1.00. The molecule has 3 nitrogen and oxygen atoms in total. The maximum Gasteiger partial charge on any atom is 0.101 e. The molecule has 0 aliphatic heterocycles. The van der Waals surface area contributed by atoms with Gasteiger partial charge in [0.25, 0.3) is 0 Å². The van der Waals surface area contributed by atoms with Gasteiger partial charge in [-0.1, -0.05) is 53.4 Å². The van der Waals surface area contributed by atoms with Crippen molar-refractivity contribution in [2.45, 2.75) is 79.1 Å². The summed E-state index contributed by atoms with van der Waals surface area (Å²) in [4.78, 5) is 4.95. The van der Waals surface area contributed by atoms with Gasteiger partial charge in [-0.3, -0.25) is 9.80 Å². The molecule has 0 fully saturated rings. The highest BCUT2D eigenvalue weighted by Gasteiger charge is 2.07. The van der Waals surface area contributed by atoms with E-state index in [4.69, 9.17) is 4.74 Å². The standard InChI is InChI=1S/C18H40N2O/c1-5-9-13-19(14-10-6-2)17-21-18-20(15-11-7-3)16-12-8-4/h5-18H2,1-4H3. The molecule has 128 valence electrons. The van der Waals surface area contributed by atoms with Gasteiger partial charge in [0.15, 0.2) is 0 Å². The van der Waals surface area contributed by atoms with Crippen molar-refractivity contribution < 1.29 is 4.74 Å². The molecule has 0 bridgehead atoms. The second-order valence-corrected chi connectivity index (χ2v) is 6.11. The number of nitrogens with zero attached hydrogens (tertiary/aromatic N) is 2. The van der Waals surface area contributed by atoms with E-state index < -0.39 is 0 Å². The van der Waals surface area contributed by atoms with Crippen molar-refractivity contribution >= 4 is 0 Å². The van der Waals surface area contributed by atoms with E-state index in [1.165, 1.54) is 77.5 Å². The van der Waals surface area contributed by atoms with Crippen molar-refractivity contribution in [2.24, 2.45) is 0 Å². The van der Waals surface area contributed by atoms with Crippen LogP contribution in [0, 0.1) is 0 Å². The molecule has 0 radical (unpaired) electrons. The SMILES string of the molecule is CCCCN(CCCC)COCN(CCCC)CCCC. The summed E-state index contributed by atoms with van der Waals surface area (Å²) < 4.78 is 6.00. The van der Waals surface area contributed by atoms with Gasteiger partial charge < -0.3 is 4.74 Å². The zero-order valence-electron chi connectivity index (χ0n) is 15.2. The summed E-state index contributed by atoms with van der Waals surface area (Å²) in [5.41, 5.74) is 0. The van der Waals surface area contributed by atoms with E-state index in [9.17, 15) is 0 Å². The summed E-state index contributed by atoms with van der Waals surface area (Å²) in [6, 6.07) is 0. The van der Waals surface area contributed by atoms with Crippen LogP contribution in [-0.4, -0.2) is 49.4 Å². The lowest BCUT2D eigenvalue weighted by Gasteiger charge is -2.26. The van der Waals surface area contributed by atoms with Gasteiger partial charge >= 0.3 is 0 Å². The second-order valence-electron chi connectivity index (χ2n) is 6.11. The predicted octanol–water partition coefficient (Wildman–Crippen LogP) is 4.72. The van der Waals surface area contributed by atoms with E-state index in [0.717, 1.165) is 13.5 Å². The van der Waals surface area contributed by atoms with Crippen LogP contribution in [0.1, 0.15) is 79.1 Å².